The number of amides is 2. The average molecular weight is 266 g/mol. The lowest BCUT2D eigenvalue weighted by Gasteiger charge is -2.32. The first kappa shape index (κ1) is 14.4. The summed E-state index contributed by atoms with van der Waals surface area (Å²) < 4.78 is 0. The highest BCUT2D eigenvalue weighted by Crippen LogP contribution is 2.32. The number of carbonyl (C=O) groups excluding carboxylic acids is 2. The molecule has 108 valence electrons. The molecule has 4 nitrogen and oxygen atoms in total. The largest absolute Gasteiger partial charge is 0.353 e. The fraction of sp³-hybridized carbons (Fsp3) is 0.867. The van der Waals surface area contributed by atoms with Gasteiger partial charge in [-0.3, -0.25) is 9.59 Å². The number of rotatable bonds is 4. The van der Waals surface area contributed by atoms with Gasteiger partial charge >= 0.3 is 0 Å². The molecule has 1 saturated heterocycles. The number of hydrogen-bond acceptors (Lipinski definition) is 2. The van der Waals surface area contributed by atoms with Crippen LogP contribution >= 0.6 is 0 Å². The molecule has 19 heavy (non-hydrogen) atoms. The molecule has 4 heteroatoms. The average Bonchev–Trinajstić information content (AvgIpc) is 3.22. The van der Waals surface area contributed by atoms with Gasteiger partial charge in [-0.15, -0.1) is 0 Å². The van der Waals surface area contributed by atoms with E-state index in [-0.39, 0.29) is 17.9 Å². The van der Waals surface area contributed by atoms with Gasteiger partial charge in [0.2, 0.25) is 11.8 Å². The fourth-order valence-corrected chi connectivity index (χ4v) is 2.46. The minimum atomic E-state index is 0.0875. The smallest absolute Gasteiger partial charge is 0.225 e. The van der Waals surface area contributed by atoms with E-state index in [9.17, 15) is 9.59 Å². The van der Waals surface area contributed by atoms with Crippen molar-refractivity contribution < 1.29 is 9.59 Å². The van der Waals surface area contributed by atoms with Gasteiger partial charge in [0.1, 0.15) is 0 Å². The Labute approximate surface area is 115 Å². The van der Waals surface area contributed by atoms with E-state index in [1.54, 1.807) is 0 Å². The van der Waals surface area contributed by atoms with Crippen LogP contribution in [0.15, 0.2) is 0 Å². The monoisotopic (exact) mass is 266 g/mol. The summed E-state index contributed by atoms with van der Waals surface area (Å²) in [5.74, 6) is 1.32. The highest BCUT2D eigenvalue weighted by Gasteiger charge is 2.36. The third-order valence-electron chi connectivity index (χ3n) is 4.47. The quantitative estimate of drug-likeness (QED) is 0.843. The van der Waals surface area contributed by atoms with E-state index in [2.05, 4.69) is 19.2 Å². The second-order valence-corrected chi connectivity index (χ2v) is 6.42. The van der Waals surface area contributed by atoms with Crippen molar-refractivity contribution in [3.05, 3.63) is 0 Å². The molecule has 2 rings (SSSR count). The van der Waals surface area contributed by atoms with E-state index in [1.165, 1.54) is 0 Å². The lowest BCUT2D eigenvalue weighted by molar-refractivity contribution is -0.136. The summed E-state index contributed by atoms with van der Waals surface area (Å²) in [5, 5.41) is 3.09. The molecule has 1 unspecified atom stereocenters. The van der Waals surface area contributed by atoms with Crippen LogP contribution in [0.2, 0.25) is 0 Å². The molecule has 1 N–H and O–H groups in total. The number of nitrogens with zero attached hydrogens (tertiary/aromatic N) is 1. The number of carbonyl (C=O) groups is 2. The molecule has 1 aliphatic carbocycles. The molecular weight excluding hydrogens is 240 g/mol. The predicted molar refractivity (Wildman–Crippen MR) is 74.5 cm³/mol. The van der Waals surface area contributed by atoms with E-state index >= 15 is 0 Å². The molecule has 0 aromatic heterocycles. The van der Waals surface area contributed by atoms with Crippen LogP contribution in [-0.4, -0.2) is 35.8 Å². The van der Waals surface area contributed by atoms with Crippen molar-refractivity contribution in [2.75, 3.05) is 13.1 Å². The molecule has 0 spiro atoms. The summed E-state index contributed by atoms with van der Waals surface area (Å²) in [4.78, 5) is 26.0. The van der Waals surface area contributed by atoms with Crippen molar-refractivity contribution in [1.29, 1.82) is 0 Å². The number of piperidine rings is 1. The maximum Gasteiger partial charge on any atom is 0.225 e. The highest BCUT2D eigenvalue weighted by atomic mass is 16.2. The predicted octanol–water partition coefficient (Wildman–Crippen LogP) is 1.80. The van der Waals surface area contributed by atoms with Crippen LogP contribution in [0.5, 0.6) is 0 Å². The molecule has 0 aromatic carbocycles. The van der Waals surface area contributed by atoms with E-state index in [0.29, 0.717) is 17.7 Å². The minimum absolute atomic E-state index is 0.0875. The van der Waals surface area contributed by atoms with Gasteiger partial charge in [-0.05, 0) is 38.5 Å². The summed E-state index contributed by atoms with van der Waals surface area (Å²) >= 11 is 0. The normalized spacial score (nSPS) is 22.4. The first-order chi connectivity index (χ1) is 8.99. The summed E-state index contributed by atoms with van der Waals surface area (Å²) in [7, 11) is 0. The molecule has 2 amide bonds. The van der Waals surface area contributed by atoms with Crippen LogP contribution in [0.3, 0.4) is 0 Å². The van der Waals surface area contributed by atoms with Crippen LogP contribution in [0, 0.1) is 17.8 Å². The van der Waals surface area contributed by atoms with Crippen molar-refractivity contribution in [3.63, 3.8) is 0 Å². The summed E-state index contributed by atoms with van der Waals surface area (Å²) in [5.41, 5.74) is 0. The fourth-order valence-electron chi connectivity index (χ4n) is 2.46. The SMILES string of the molecule is CC(C)C(C)NC(=O)C1CCN(C(=O)C2CC2)CC1. The van der Waals surface area contributed by atoms with E-state index in [0.717, 1.165) is 38.8 Å². The van der Waals surface area contributed by atoms with Crippen molar-refractivity contribution in [3.8, 4) is 0 Å². The van der Waals surface area contributed by atoms with Crippen molar-refractivity contribution in [2.45, 2.75) is 52.5 Å². The van der Waals surface area contributed by atoms with Crippen molar-refractivity contribution >= 4 is 11.8 Å². The topological polar surface area (TPSA) is 49.4 Å². The van der Waals surface area contributed by atoms with Crippen LogP contribution in [0.4, 0.5) is 0 Å². The van der Waals surface area contributed by atoms with Crippen LogP contribution in [0.1, 0.15) is 46.5 Å². The Bertz CT molecular complexity index is 342. The molecule has 2 fully saturated rings. The highest BCUT2D eigenvalue weighted by molar-refractivity contribution is 5.82. The first-order valence-electron chi connectivity index (χ1n) is 7.58. The lowest BCUT2D eigenvalue weighted by Crippen LogP contribution is -2.46. The Hall–Kier alpha value is -1.06. The van der Waals surface area contributed by atoms with Gasteiger partial charge in [-0.1, -0.05) is 13.8 Å². The van der Waals surface area contributed by atoms with Gasteiger partial charge < -0.3 is 10.2 Å². The molecule has 1 aliphatic heterocycles. The molecule has 1 heterocycles. The van der Waals surface area contributed by atoms with Gasteiger partial charge in [0.05, 0.1) is 0 Å². The number of hydrogen-bond donors (Lipinski definition) is 1. The maximum atomic E-state index is 12.1. The minimum Gasteiger partial charge on any atom is -0.353 e. The number of likely N-dealkylation sites (tertiary alicyclic amines) is 1. The molecule has 1 saturated carbocycles. The maximum absolute atomic E-state index is 12.1. The van der Waals surface area contributed by atoms with Crippen molar-refractivity contribution in [1.82, 2.24) is 10.2 Å². The Morgan fingerprint density at radius 2 is 1.58 bits per heavy atom. The molecule has 0 radical (unpaired) electrons. The molecule has 0 bridgehead atoms. The van der Waals surface area contributed by atoms with Crippen LogP contribution < -0.4 is 5.32 Å². The Morgan fingerprint density at radius 3 is 2.05 bits per heavy atom. The summed E-state index contributed by atoms with van der Waals surface area (Å²) in [6.07, 6.45) is 3.75. The van der Waals surface area contributed by atoms with Gasteiger partial charge in [0.25, 0.3) is 0 Å². The van der Waals surface area contributed by atoms with E-state index in [4.69, 9.17) is 0 Å². The number of nitrogens with one attached hydrogen (secondary N) is 1. The Kier molecular flexibility index (Phi) is 4.48. The van der Waals surface area contributed by atoms with Gasteiger partial charge in [0.15, 0.2) is 0 Å². The summed E-state index contributed by atoms with van der Waals surface area (Å²) in [6, 6.07) is 0.221. The molecule has 2 aliphatic rings. The standard InChI is InChI=1S/C15H26N2O2/c1-10(2)11(3)16-14(18)12-6-8-17(9-7-12)15(19)13-4-5-13/h10-13H,4-9H2,1-3H3,(H,16,18). The van der Waals surface area contributed by atoms with Crippen LogP contribution in [0.25, 0.3) is 0 Å². The zero-order valence-corrected chi connectivity index (χ0v) is 12.3. The zero-order chi connectivity index (χ0) is 14.0. The second-order valence-electron chi connectivity index (χ2n) is 6.42. The van der Waals surface area contributed by atoms with Gasteiger partial charge in [-0.25, -0.2) is 0 Å². The Morgan fingerprint density at radius 1 is 1.00 bits per heavy atom. The molecular formula is C15H26N2O2. The van der Waals surface area contributed by atoms with Crippen molar-refractivity contribution in [2.24, 2.45) is 17.8 Å². The molecule has 0 aromatic rings. The van der Waals surface area contributed by atoms with Crippen LogP contribution in [-0.2, 0) is 9.59 Å². The molecule has 1 atom stereocenters. The second kappa shape index (κ2) is 5.93. The van der Waals surface area contributed by atoms with E-state index in [1.807, 2.05) is 11.8 Å². The van der Waals surface area contributed by atoms with Gasteiger partial charge in [0, 0.05) is 31.0 Å². The summed E-state index contributed by atoms with van der Waals surface area (Å²) in [6.45, 7) is 7.78. The third-order valence-corrected chi connectivity index (χ3v) is 4.47. The zero-order valence-electron chi connectivity index (χ0n) is 12.3. The van der Waals surface area contributed by atoms with Gasteiger partial charge in [-0.2, -0.15) is 0 Å². The third kappa shape index (κ3) is 3.71. The van der Waals surface area contributed by atoms with E-state index < -0.39 is 0 Å². The lowest BCUT2D eigenvalue weighted by atomic mass is 9.94. The first-order valence-corrected chi connectivity index (χ1v) is 7.58. The Balaban J connectivity index is 1.76.